The Balaban J connectivity index is 1.69. The number of hydrogen-bond acceptors (Lipinski definition) is 4. The maximum Gasteiger partial charge on any atom is 0.317 e. The van der Waals surface area contributed by atoms with E-state index in [1.807, 2.05) is 42.1 Å². The molecular weight excluding hydrogens is 320 g/mol. The molecule has 0 saturated carbocycles. The lowest BCUT2D eigenvalue weighted by Crippen LogP contribution is -2.45. The molecule has 1 aromatic rings. The van der Waals surface area contributed by atoms with Crippen LogP contribution >= 0.6 is 11.8 Å². The lowest BCUT2D eigenvalue weighted by molar-refractivity contribution is 0.204. The van der Waals surface area contributed by atoms with Crippen molar-refractivity contribution in [2.75, 3.05) is 42.6 Å². The third-order valence-corrected chi connectivity index (χ3v) is 6.13. The van der Waals surface area contributed by atoms with E-state index in [4.69, 9.17) is 0 Å². The molecule has 1 aliphatic rings. The molecule has 1 aliphatic heterocycles. The molecule has 22 heavy (non-hydrogen) atoms. The minimum absolute atomic E-state index is 0.00579. The van der Waals surface area contributed by atoms with Crippen LogP contribution in [0, 0.1) is 0 Å². The summed E-state index contributed by atoms with van der Waals surface area (Å²) in [6, 6.07) is 9.40. The number of benzene rings is 1. The Morgan fingerprint density at radius 2 is 1.82 bits per heavy atom. The van der Waals surface area contributed by atoms with Crippen LogP contribution in [0.15, 0.2) is 30.3 Å². The zero-order chi connectivity index (χ0) is 15.8. The highest BCUT2D eigenvalue weighted by molar-refractivity contribution is 7.99. The molecule has 0 aliphatic carbocycles. The highest BCUT2D eigenvalue weighted by atomic mass is 32.2. The highest BCUT2D eigenvalue weighted by Crippen LogP contribution is 2.08. The number of thioether (sulfide) groups is 1. The van der Waals surface area contributed by atoms with Crippen LogP contribution in [0.4, 0.5) is 4.79 Å². The Labute approximate surface area is 136 Å². The molecule has 122 valence electrons. The van der Waals surface area contributed by atoms with Gasteiger partial charge in [0.15, 0.2) is 9.84 Å². The van der Waals surface area contributed by atoms with E-state index in [0.717, 1.165) is 30.2 Å². The monoisotopic (exact) mass is 342 g/mol. The van der Waals surface area contributed by atoms with Crippen LogP contribution in [0.5, 0.6) is 0 Å². The number of carbonyl (C=O) groups excluding carboxylic acids is 1. The summed E-state index contributed by atoms with van der Waals surface area (Å²) in [5.74, 6) is 2.01. The topological polar surface area (TPSA) is 66.5 Å². The molecule has 1 heterocycles. The molecule has 2 rings (SSSR count). The molecule has 0 radical (unpaired) electrons. The fourth-order valence-corrected chi connectivity index (χ4v) is 4.28. The maximum absolute atomic E-state index is 12.0. The molecule has 7 heteroatoms. The van der Waals surface area contributed by atoms with Crippen molar-refractivity contribution in [2.24, 2.45) is 0 Å². The summed E-state index contributed by atoms with van der Waals surface area (Å²) in [4.78, 5) is 13.6. The van der Waals surface area contributed by atoms with E-state index in [1.54, 1.807) is 4.90 Å². The predicted octanol–water partition coefficient (Wildman–Crippen LogP) is 1.40. The van der Waals surface area contributed by atoms with Gasteiger partial charge in [0.1, 0.15) is 0 Å². The van der Waals surface area contributed by atoms with E-state index in [0.29, 0.717) is 6.42 Å². The maximum atomic E-state index is 12.0. The number of hydrogen-bond donors (Lipinski definition) is 1. The lowest BCUT2D eigenvalue weighted by atomic mass is 10.2. The van der Waals surface area contributed by atoms with E-state index in [2.05, 4.69) is 5.32 Å². The van der Waals surface area contributed by atoms with Gasteiger partial charge in [0, 0.05) is 31.1 Å². The second-order valence-electron chi connectivity index (χ2n) is 5.22. The first kappa shape index (κ1) is 17.1. The van der Waals surface area contributed by atoms with Crippen LogP contribution in [0.2, 0.25) is 0 Å². The van der Waals surface area contributed by atoms with Crippen LogP contribution in [-0.2, 0) is 16.3 Å². The van der Waals surface area contributed by atoms with Crippen molar-refractivity contribution in [3.05, 3.63) is 35.9 Å². The Bertz CT molecular complexity index is 570. The van der Waals surface area contributed by atoms with Crippen LogP contribution in [-0.4, -0.2) is 62.0 Å². The molecule has 5 nitrogen and oxygen atoms in total. The predicted molar refractivity (Wildman–Crippen MR) is 91.1 cm³/mol. The molecule has 2 amide bonds. The number of carbonyl (C=O) groups is 1. The minimum Gasteiger partial charge on any atom is -0.337 e. The number of aryl methyl sites for hydroxylation is 1. The molecule has 1 fully saturated rings. The SMILES string of the molecule is O=C(NCCS(=O)(=O)CCc1ccccc1)N1CCSCC1. The Kier molecular flexibility index (Phi) is 6.57. The summed E-state index contributed by atoms with van der Waals surface area (Å²) in [5, 5.41) is 2.71. The zero-order valence-electron chi connectivity index (χ0n) is 12.5. The van der Waals surface area contributed by atoms with Crippen LogP contribution in [0.3, 0.4) is 0 Å². The first-order chi connectivity index (χ1) is 10.6. The number of urea groups is 1. The molecular formula is C15H22N2O3S2. The number of amides is 2. The van der Waals surface area contributed by atoms with Gasteiger partial charge in [0.05, 0.1) is 11.5 Å². The first-order valence-electron chi connectivity index (χ1n) is 7.42. The molecule has 0 aromatic heterocycles. The smallest absolute Gasteiger partial charge is 0.317 e. The van der Waals surface area contributed by atoms with Gasteiger partial charge in [-0.05, 0) is 12.0 Å². The standard InChI is InChI=1S/C15H22N2O3S2/c18-15(17-8-10-21-11-9-17)16-7-13-22(19,20)12-6-14-4-2-1-3-5-14/h1-5H,6-13H2,(H,16,18). The molecule has 0 atom stereocenters. The van der Waals surface area contributed by atoms with Crippen molar-refractivity contribution in [1.82, 2.24) is 10.2 Å². The van der Waals surface area contributed by atoms with Crippen molar-refractivity contribution < 1.29 is 13.2 Å². The van der Waals surface area contributed by atoms with Gasteiger partial charge in [-0.1, -0.05) is 30.3 Å². The van der Waals surface area contributed by atoms with Crippen LogP contribution < -0.4 is 5.32 Å². The zero-order valence-corrected chi connectivity index (χ0v) is 14.2. The average Bonchev–Trinajstić information content (AvgIpc) is 2.55. The second kappa shape index (κ2) is 8.43. The number of nitrogens with one attached hydrogen (secondary N) is 1. The fraction of sp³-hybridized carbons (Fsp3) is 0.533. The van der Waals surface area contributed by atoms with Crippen LogP contribution in [0.25, 0.3) is 0 Å². The third-order valence-electron chi connectivity index (χ3n) is 3.53. The van der Waals surface area contributed by atoms with Gasteiger partial charge in [-0.3, -0.25) is 0 Å². The summed E-state index contributed by atoms with van der Waals surface area (Å²) in [6.07, 6.45) is 0.514. The third kappa shape index (κ3) is 5.88. The van der Waals surface area contributed by atoms with Crippen molar-refractivity contribution in [1.29, 1.82) is 0 Å². The summed E-state index contributed by atoms with van der Waals surface area (Å²) in [5.41, 5.74) is 1.01. The van der Waals surface area contributed by atoms with E-state index in [9.17, 15) is 13.2 Å². The van der Waals surface area contributed by atoms with Crippen molar-refractivity contribution in [3.8, 4) is 0 Å². The number of nitrogens with zero attached hydrogens (tertiary/aromatic N) is 1. The number of rotatable bonds is 6. The van der Waals surface area contributed by atoms with Crippen molar-refractivity contribution in [3.63, 3.8) is 0 Å². The Morgan fingerprint density at radius 3 is 2.50 bits per heavy atom. The van der Waals surface area contributed by atoms with Gasteiger partial charge in [-0.25, -0.2) is 13.2 Å². The van der Waals surface area contributed by atoms with E-state index >= 15 is 0 Å². The van der Waals surface area contributed by atoms with Gasteiger partial charge in [0.25, 0.3) is 0 Å². The first-order valence-corrected chi connectivity index (χ1v) is 10.4. The Morgan fingerprint density at radius 1 is 1.14 bits per heavy atom. The Hall–Kier alpha value is -1.21. The summed E-state index contributed by atoms with van der Waals surface area (Å²) in [7, 11) is -3.14. The minimum atomic E-state index is -3.14. The van der Waals surface area contributed by atoms with E-state index in [-0.39, 0.29) is 24.1 Å². The molecule has 0 spiro atoms. The van der Waals surface area contributed by atoms with Crippen molar-refractivity contribution in [2.45, 2.75) is 6.42 Å². The molecule has 0 bridgehead atoms. The van der Waals surface area contributed by atoms with Gasteiger partial charge in [-0.15, -0.1) is 0 Å². The second-order valence-corrected chi connectivity index (χ2v) is 8.75. The average molecular weight is 342 g/mol. The van der Waals surface area contributed by atoms with E-state index in [1.165, 1.54) is 0 Å². The molecule has 1 aromatic carbocycles. The highest BCUT2D eigenvalue weighted by Gasteiger charge is 2.17. The van der Waals surface area contributed by atoms with Crippen molar-refractivity contribution >= 4 is 27.6 Å². The normalized spacial score (nSPS) is 15.5. The number of sulfone groups is 1. The lowest BCUT2D eigenvalue weighted by Gasteiger charge is -2.26. The summed E-state index contributed by atoms with van der Waals surface area (Å²) < 4.78 is 24.0. The summed E-state index contributed by atoms with van der Waals surface area (Å²) in [6.45, 7) is 1.65. The molecule has 1 N–H and O–H groups in total. The van der Waals surface area contributed by atoms with E-state index < -0.39 is 9.84 Å². The van der Waals surface area contributed by atoms with Gasteiger partial charge in [0.2, 0.25) is 0 Å². The van der Waals surface area contributed by atoms with Crippen LogP contribution in [0.1, 0.15) is 5.56 Å². The fourth-order valence-electron chi connectivity index (χ4n) is 2.21. The quantitative estimate of drug-likeness (QED) is 0.849. The van der Waals surface area contributed by atoms with Gasteiger partial charge in [-0.2, -0.15) is 11.8 Å². The molecule has 0 unspecified atom stereocenters. The molecule has 1 saturated heterocycles. The largest absolute Gasteiger partial charge is 0.337 e. The van der Waals surface area contributed by atoms with Gasteiger partial charge >= 0.3 is 6.03 Å². The summed E-state index contributed by atoms with van der Waals surface area (Å²) >= 11 is 1.83. The van der Waals surface area contributed by atoms with Gasteiger partial charge < -0.3 is 10.2 Å².